The molecule has 1 aliphatic rings. The van der Waals surface area contributed by atoms with E-state index in [0.717, 1.165) is 18.4 Å². The van der Waals surface area contributed by atoms with Gasteiger partial charge >= 0.3 is 11.9 Å². The van der Waals surface area contributed by atoms with Gasteiger partial charge in [-0.25, -0.2) is 4.79 Å². The van der Waals surface area contributed by atoms with Gasteiger partial charge in [0.15, 0.2) is 0 Å². The lowest BCUT2D eigenvalue weighted by Crippen LogP contribution is -2.24. The third-order valence-corrected chi connectivity index (χ3v) is 4.37. The number of carbonyl (C=O) groups is 2. The summed E-state index contributed by atoms with van der Waals surface area (Å²) in [5.41, 5.74) is 1.20. The van der Waals surface area contributed by atoms with E-state index in [1.54, 1.807) is 12.1 Å². The molecule has 0 saturated carbocycles. The van der Waals surface area contributed by atoms with Crippen LogP contribution in [0.15, 0.2) is 24.3 Å². The zero-order valence-corrected chi connectivity index (χ0v) is 12.8. The molecule has 114 valence electrons. The Balaban J connectivity index is 1.91. The Morgan fingerprint density at radius 3 is 2.43 bits per heavy atom. The van der Waals surface area contributed by atoms with E-state index in [0.29, 0.717) is 12.0 Å². The minimum absolute atomic E-state index is 0.125. The van der Waals surface area contributed by atoms with Crippen molar-refractivity contribution in [2.75, 3.05) is 6.61 Å². The van der Waals surface area contributed by atoms with Gasteiger partial charge in [-0.15, -0.1) is 0 Å². The van der Waals surface area contributed by atoms with Crippen LogP contribution in [0.2, 0.25) is 0 Å². The first-order chi connectivity index (χ1) is 10.0. The molecule has 4 nitrogen and oxygen atoms in total. The average molecular weight is 290 g/mol. The van der Waals surface area contributed by atoms with Gasteiger partial charge in [0.25, 0.3) is 0 Å². The number of hydrogen-bond acceptors (Lipinski definition) is 4. The third-order valence-electron chi connectivity index (χ3n) is 4.37. The summed E-state index contributed by atoms with van der Waals surface area (Å²) in [7, 11) is 0. The van der Waals surface area contributed by atoms with Crippen LogP contribution in [0.1, 0.15) is 49.0 Å². The summed E-state index contributed by atoms with van der Waals surface area (Å²) in [5, 5.41) is 0. The molecule has 1 heterocycles. The number of ether oxygens (including phenoxy) is 2. The smallest absolute Gasteiger partial charge is 0.338 e. The molecule has 0 N–H and O–H groups in total. The number of carbonyl (C=O) groups excluding carboxylic acids is 2. The van der Waals surface area contributed by atoms with Crippen LogP contribution in [-0.2, 0) is 14.3 Å². The predicted molar refractivity (Wildman–Crippen MR) is 79.0 cm³/mol. The fraction of sp³-hybridized carbons (Fsp3) is 0.529. The SMILES string of the molecule is CCC1(CC)CC(COC(=O)c2ccc(C)cc2)OC1=O. The van der Waals surface area contributed by atoms with Crippen molar-refractivity contribution >= 4 is 11.9 Å². The van der Waals surface area contributed by atoms with Crippen molar-refractivity contribution in [2.45, 2.75) is 46.1 Å². The van der Waals surface area contributed by atoms with Crippen LogP contribution in [0.5, 0.6) is 0 Å². The number of esters is 2. The van der Waals surface area contributed by atoms with Crippen molar-refractivity contribution in [1.29, 1.82) is 0 Å². The molecule has 0 bridgehead atoms. The Kier molecular flexibility index (Phi) is 4.66. The summed E-state index contributed by atoms with van der Waals surface area (Å²) < 4.78 is 10.6. The highest BCUT2D eigenvalue weighted by atomic mass is 16.6. The van der Waals surface area contributed by atoms with E-state index in [1.807, 2.05) is 32.9 Å². The van der Waals surface area contributed by atoms with E-state index < -0.39 is 5.41 Å². The molecule has 1 saturated heterocycles. The van der Waals surface area contributed by atoms with Gasteiger partial charge in [0.1, 0.15) is 12.7 Å². The maximum absolute atomic E-state index is 12.0. The molecule has 4 heteroatoms. The van der Waals surface area contributed by atoms with E-state index >= 15 is 0 Å². The summed E-state index contributed by atoms with van der Waals surface area (Å²) in [6.07, 6.45) is 1.81. The molecular formula is C17H22O4. The summed E-state index contributed by atoms with van der Waals surface area (Å²) >= 11 is 0. The average Bonchev–Trinajstić information content (AvgIpc) is 2.82. The molecule has 1 atom stereocenters. The highest BCUT2D eigenvalue weighted by molar-refractivity contribution is 5.89. The first-order valence-corrected chi connectivity index (χ1v) is 7.45. The number of rotatable bonds is 5. The Morgan fingerprint density at radius 2 is 1.90 bits per heavy atom. The standard InChI is InChI=1S/C17H22O4/c1-4-17(5-2)10-14(21-16(17)19)11-20-15(18)13-8-6-12(3)7-9-13/h6-9,14H,4-5,10-11H2,1-3H3. The van der Waals surface area contributed by atoms with Crippen LogP contribution in [0.25, 0.3) is 0 Å². The second-order valence-corrected chi connectivity index (χ2v) is 5.68. The van der Waals surface area contributed by atoms with Gasteiger partial charge < -0.3 is 9.47 Å². The van der Waals surface area contributed by atoms with Crippen molar-refractivity contribution in [1.82, 2.24) is 0 Å². The molecule has 1 aliphatic heterocycles. The lowest BCUT2D eigenvalue weighted by Gasteiger charge is -2.19. The molecule has 1 unspecified atom stereocenters. The van der Waals surface area contributed by atoms with Gasteiger partial charge in [-0.05, 0) is 31.9 Å². The van der Waals surface area contributed by atoms with Crippen LogP contribution in [0.3, 0.4) is 0 Å². The van der Waals surface area contributed by atoms with E-state index in [-0.39, 0.29) is 24.6 Å². The Labute approximate surface area is 125 Å². The van der Waals surface area contributed by atoms with Crippen molar-refractivity contribution in [3.8, 4) is 0 Å². The molecule has 0 aromatic heterocycles. The zero-order valence-electron chi connectivity index (χ0n) is 12.8. The highest BCUT2D eigenvalue weighted by Crippen LogP contribution is 2.40. The van der Waals surface area contributed by atoms with E-state index in [2.05, 4.69) is 0 Å². The van der Waals surface area contributed by atoms with Crippen LogP contribution in [0, 0.1) is 12.3 Å². The third kappa shape index (κ3) is 3.26. The summed E-state index contributed by atoms with van der Waals surface area (Å²) in [6.45, 7) is 6.07. The van der Waals surface area contributed by atoms with Gasteiger partial charge in [-0.3, -0.25) is 4.79 Å². The second-order valence-electron chi connectivity index (χ2n) is 5.68. The molecule has 0 aliphatic carbocycles. The molecule has 1 aromatic rings. The second kappa shape index (κ2) is 6.29. The van der Waals surface area contributed by atoms with Crippen molar-refractivity contribution in [2.24, 2.45) is 5.41 Å². The van der Waals surface area contributed by atoms with Crippen molar-refractivity contribution < 1.29 is 19.1 Å². The molecule has 0 radical (unpaired) electrons. The van der Waals surface area contributed by atoms with Crippen LogP contribution in [-0.4, -0.2) is 24.6 Å². The van der Waals surface area contributed by atoms with E-state index in [4.69, 9.17) is 9.47 Å². The van der Waals surface area contributed by atoms with E-state index in [1.165, 1.54) is 0 Å². The van der Waals surface area contributed by atoms with Crippen molar-refractivity contribution in [3.63, 3.8) is 0 Å². The predicted octanol–water partition coefficient (Wildman–Crippen LogP) is 3.27. The number of cyclic esters (lactones) is 1. The molecule has 1 fully saturated rings. The van der Waals surface area contributed by atoms with Crippen LogP contribution in [0.4, 0.5) is 0 Å². The van der Waals surface area contributed by atoms with Crippen LogP contribution < -0.4 is 0 Å². The fourth-order valence-corrected chi connectivity index (χ4v) is 2.70. The monoisotopic (exact) mass is 290 g/mol. The lowest BCUT2D eigenvalue weighted by molar-refractivity contribution is -0.150. The maximum atomic E-state index is 12.0. The number of hydrogen-bond donors (Lipinski definition) is 0. The molecule has 1 aromatic carbocycles. The molecule has 21 heavy (non-hydrogen) atoms. The number of benzene rings is 1. The minimum atomic E-state index is -0.402. The fourth-order valence-electron chi connectivity index (χ4n) is 2.70. The summed E-state index contributed by atoms with van der Waals surface area (Å²) in [4.78, 5) is 23.9. The summed E-state index contributed by atoms with van der Waals surface area (Å²) in [5.74, 6) is -0.541. The van der Waals surface area contributed by atoms with Gasteiger partial charge in [-0.2, -0.15) is 0 Å². The van der Waals surface area contributed by atoms with Crippen molar-refractivity contribution in [3.05, 3.63) is 35.4 Å². The largest absolute Gasteiger partial charge is 0.458 e. The normalized spacial score (nSPS) is 20.1. The topological polar surface area (TPSA) is 52.6 Å². The lowest BCUT2D eigenvalue weighted by atomic mass is 9.80. The molecular weight excluding hydrogens is 268 g/mol. The Bertz CT molecular complexity index is 514. The zero-order chi connectivity index (χ0) is 15.5. The Morgan fingerprint density at radius 1 is 1.29 bits per heavy atom. The van der Waals surface area contributed by atoms with Gasteiger partial charge in [0, 0.05) is 6.42 Å². The number of aryl methyl sites for hydroxylation is 1. The van der Waals surface area contributed by atoms with E-state index in [9.17, 15) is 9.59 Å². The van der Waals surface area contributed by atoms with Gasteiger partial charge in [-0.1, -0.05) is 31.5 Å². The molecule has 0 spiro atoms. The van der Waals surface area contributed by atoms with Gasteiger partial charge in [0.05, 0.1) is 11.0 Å². The quantitative estimate of drug-likeness (QED) is 0.781. The Hall–Kier alpha value is -1.84. The first-order valence-electron chi connectivity index (χ1n) is 7.45. The summed E-state index contributed by atoms with van der Waals surface area (Å²) in [6, 6.07) is 7.21. The van der Waals surface area contributed by atoms with Crippen LogP contribution >= 0.6 is 0 Å². The highest BCUT2D eigenvalue weighted by Gasteiger charge is 2.46. The minimum Gasteiger partial charge on any atom is -0.458 e. The van der Waals surface area contributed by atoms with Gasteiger partial charge in [0.2, 0.25) is 0 Å². The maximum Gasteiger partial charge on any atom is 0.338 e. The molecule has 2 rings (SSSR count). The molecule has 0 amide bonds. The first kappa shape index (κ1) is 15.5.